The molecule has 0 spiro atoms. The second kappa shape index (κ2) is 11.7. The summed E-state index contributed by atoms with van der Waals surface area (Å²) in [6, 6.07) is 10.8. The van der Waals surface area contributed by atoms with Gasteiger partial charge in [-0.25, -0.2) is 9.48 Å². The van der Waals surface area contributed by atoms with E-state index >= 15 is 0 Å². The van der Waals surface area contributed by atoms with Crippen molar-refractivity contribution in [3.05, 3.63) is 52.2 Å². The molecular formula is C23H35IN6O. The molecule has 3 heterocycles. The normalized spacial score (nSPS) is 17.2. The lowest BCUT2D eigenvalue weighted by molar-refractivity contribution is 0.259. The summed E-state index contributed by atoms with van der Waals surface area (Å²) in [5, 5.41) is 8.00. The van der Waals surface area contributed by atoms with Crippen LogP contribution >= 0.6 is 24.0 Å². The molecule has 4 rings (SSSR count). The van der Waals surface area contributed by atoms with Crippen LogP contribution in [0.25, 0.3) is 0 Å². The predicted molar refractivity (Wildman–Crippen MR) is 135 cm³/mol. The summed E-state index contributed by atoms with van der Waals surface area (Å²) in [4.78, 5) is 19.3. The fourth-order valence-corrected chi connectivity index (χ4v) is 4.65. The number of rotatable bonds is 6. The Kier molecular flexibility index (Phi) is 8.98. The van der Waals surface area contributed by atoms with Crippen molar-refractivity contribution in [3.63, 3.8) is 0 Å². The van der Waals surface area contributed by atoms with Gasteiger partial charge in [-0.05, 0) is 50.0 Å². The van der Waals surface area contributed by atoms with Gasteiger partial charge in [0, 0.05) is 46.2 Å². The average molecular weight is 538 g/mol. The molecule has 0 aliphatic carbocycles. The Morgan fingerprint density at radius 3 is 2.65 bits per heavy atom. The second-order valence-electron chi connectivity index (χ2n) is 8.48. The summed E-state index contributed by atoms with van der Waals surface area (Å²) in [5.41, 5.74) is 1.49. The van der Waals surface area contributed by atoms with E-state index in [0.29, 0.717) is 6.54 Å². The molecule has 1 fully saturated rings. The van der Waals surface area contributed by atoms with E-state index in [1.807, 2.05) is 11.6 Å². The Balaban J connectivity index is 0.00000272. The van der Waals surface area contributed by atoms with E-state index in [4.69, 9.17) is 0 Å². The average Bonchev–Trinajstić information content (AvgIpc) is 3.11. The van der Waals surface area contributed by atoms with Crippen LogP contribution in [-0.2, 0) is 25.9 Å². The lowest BCUT2D eigenvalue weighted by Gasteiger charge is -2.34. The van der Waals surface area contributed by atoms with E-state index in [1.165, 1.54) is 24.8 Å². The van der Waals surface area contributed by atoms with Gasteiger partial charge in [0.2, 0.25) is 0 Å². The summed E-state index contributed by atoms with van der Waals surface area (Å²) in [7, 11) is 1.85. The highest BCUT2D eigenvalue weighted by atomic mass is 127. The van der Waals surface area contributed by atoms with Crippen molar-refractivity contribution in [2.24, 2.45) is 10.9 Å². The third-order valence-corrected chi connectivity index (χ3v) is 6.35. The van der Waals surface area contributed by atoms with Crippen LogP contribution in [-0.4, -0.2) is 51.9 Å². The summed E-state index contributed by atoms with van der Waals surface area (Å²) in [6.45, 7) is 4.36. The van der Waals surface area contributed by atoms with Gasteiger partial charge < -0.3 is 10.2 Å². The Bertz CT molecular complexity index is 899. The number of aromatic nitrogens is 3. The van der Waals surface area contributed by atoms with Gasteiger partial charge in [-0.3, -0.25) is 9.56 Å². The van der Waals surface area contributed by atoms with E-state index in [2.05, 4.69) is 50.6 Å². The van der Waals surface area contributed by atoms with Crippen molar-refractivity contribution in [3.8, 4) is 0 Å². The van der Waals surface area contributed by atoms with Crippen LogP contribution in [0.1, 0.15) is 43.5 Å². The van der Waals surface area contributed by atoms with E-state index in [9.17, 15) is 4.79 Å². The Morgan fingerprint density at radius 2 is 1.94 bits per heavy atom. The van der Waals surface area contributed by atoms with Crippen LogP contribution in [0.15, 0.2) is 40.1 Å². The van der Waals surface area contributed by atoms with Gasteiger partial charge >= 0.3 is 5.69 Å². The van der Waals surface area contributed by atoms with Gasteiger partial charge in [-0.1, -0.05) is 30.3 Å². The lowest BCUT2D eigenvalue weighted by Crippen LogP contribution is -2.46. The molecule has 2 aliphatic rings. The summed E-state index contributed by atoms with van der Waals surface area (Å²) in [5.74, 6) is 2.68. The molecular weight excluding hydrogens is 503 g/mol. The molecule has 1 N–H and O–H groups in total. The Hall–Kier alpha value is -1.84. The molecule has 0 atom stereocenters. The summed E-state index contributed by atoms with van der Waals surface area (Å²) < 4.78 is 3.48. The number of aryl methyl sites for hydroxylation is 2. The first-order chi connectivity index (χ1) is 14.7. The number of fused-ring (bicyclic) bond motifs is 1. The number of halogens is 1. The minimum Gasteiger partial charge on any atom is -0.356 e. The largest absolute Gasteiger partial charge is 0.356 e. The molecule has 1 aromatic carbocycles. The van der Waals surface area contributed by atoms with E-state index in [-0.39, 0.29) is 29.7 Å². The molecule has 7 nitrogen and oxygen atoms in total. The number of nitrogens with zero attached hydrogens (tertiary/aromatic N) is 5. The topological polar surface area (TPSA) is 67.5 Å². The highest BCUT2D eigenvalue weighted by Crippen LogP contribution is 2.21. The van der Waals surface area contributed by atoms with Crippen LogP contribution in [0, 0.1) is 5.92 Å². The summed E-state index contributed by atoms with van der Waals surface area (Å²) >= 11 is 0. The van der Waals surface area contributed by atoms with Gasteiger partial charge in [0.15, 0.2) is 5.96 Å². The third kappa shape index (κ3) is 6.11. The molecule has 8 heteroatoms. The Morgan fingerprint density at radius 1 is 1.16 bits per heavy atom. The molecule has 170 valence electrons. The standard InChI is InChI=1S/C23H34N6O.HI/c1-24-22(27-16-11-20(12-17-27)18-19-8-3-2-4-9-19)25-13-7-15-29-23(30)28-14-6-5-10-21(28)26-29;/h2-4,8-9,20H,5-7,10-18H2,1H3,(H,24,25);1H. The molecule has 0 unspecified atom stereocenters. The molecule has 1 aromatic heterocycles. The highest BCUT2D eigenvalue weighted by molar-refractivity contribution is 14.0. The maximum absolute atomic E-state index is 12.4. The molecule has 0 radical (unpaired) electrons. The number of likely N-dealkylation sites (tertiary alicyclic amines) is 1. The van der Waals surface area contributed by atoms with Crippen molar-refractivity contribution < 1.29 is 0 Å². The summed E-state index contributed by atoms with van der Waals surface area (Å²) in [6.07, 6.45) is 7.57. The SMILES string of the molecule is CN=C(NCCCn1nc2n(c1=O)CCCC2)N1CCC(Cc2ccccc2)CC1.I. The number of aliphatic imine (C=N–C) groups is 1. The van der Waals surface area contributed by atoms with Gasteiger partial charge in [0.25, 0.3) is 0 Å². The molecule has 0 amide bonds. The second-order valence-corrected chi connectivity index (χ2v) is 8.48. The fraction of sp³-hybridized carbons (Fsp3) is 0.609. The van der Waals surface area contributed by atoms with E-state index < -0.39 is 0 Å². The molecule has 31 heavy (non-hydrogen) atoms. The van der Waals surface area contributed by atoms with Gasteiger partial charge in [-0.2, -0.15) is 5.10 Å². The molecule has 2 aromatic rings. The predicted octanol–water partition coefficient (Wildman–Crippen LogP) is 2.92. The number of hydrogen-bond acceptors (Lipinski definition) is 3. The first kappa shape index (κ1) is 23.8. The number of hydrogen-bond donors (Lipinski definition) is 1. The number of nitrogens with one attached hydrogen (secondary N) is 1. The fourth-order valence-electron chi connectivity index (χ4n) is 4.65. The zero-order valence-corrected chi connectivity index (χ0v) is 20.8. The van der Waals surface area contributed by atoms with Crippen molar-refractivity contribution in [2.75, 3.05) is 26.7 Å². The first-order valence-electron chi connectivity index (χ1n) is 11.4. The minimum absolute atomic E-state index is 0. The number of guanidine groups is 1. The number of piperidine rings is 1. The van der Waals surface area contributed by atoms with E-state index in [1.54, 1.807) is 4.68 Å². The molecule has 0 bridgehead atoms. The quantitative estimate of drug-likeness (QED) is 0.266. The van der Waals surface area contributed by atoms with Crippen LogP contribution in [0.3, 0.4) is 0 Å². The zero-order chi connectivity index (χ0) is 20.8. The van der Waals surface area contributed by atoms with Crippen LogP contribution in [0.2, 0.25) is 0 Å². The third-order valence-electron chi connectivity index (χ3n) is 6.35. The van der Waals surface area contributed by atoms with Gasteiger partial charge in [-0.15, -0.1) is 24.0 Å². The van der Waals surface area contributed by atoms with Gasteiger partial charge in [0.1, 0.15) is 5.82 Å². The van der Waals surface area contributed by atoms with Crippen molar-refractivity contribution in [2.45, 2.75) is 58.0 Å². The highest BCUT2D eigenvalue weighted by Gasteiger charge is 2.21. The van der Waals surface area contributed by atoms with E-state index in [0.717, 1.165) is 69.6 Å². The molecule has 2 aliphatic heterocycles. The number of benzene rings is 1. The lowest BCUT2D eigenvalue weighted by atomic mass is 9.90. The monoisotopic (exact) mass is 538 g/mol. The first-order valence-corrected chi connectivity index (χ1v) is 11.4. The minimum atomic E-state index is 0. The maximum Gasteiger partial charge on any atom is 0.345 e. The zero-order valence-electron chi connectivity index (χ0n) is 18.5. The van der Waals surface area contributed by atoms with Crippen molar-refractivity contribution >= 4 is 29.9 Å². The molecule has 1 saturated heterocycles. The van der Waals surface area contributed by atoms with Crippen molar-refractivity contribution in [1.29, 1.82) is 0 Å². The van der Waals surface area contributed by atoms with Crippen LogP contribution in [0.4, 0.5) is 0 Å². The molecule has 0 saturated carbocycles. The van der Waals surface area contributed by atoms with Crippen LogP contribution < -0.4 is 11.0 Å². The maximum atomic E-state index is 12.4. The van der Waals surface area contributed by atoms with Gasteiger partial charge in [0.05, 0.1) is 0 Å². The smallest absolute Gasteiger partial charge is 0.345 e. The van der Waals surface area contributed by atoms with Crippen molar-refractivity contribution in [1.82, 2.24) is 24.6 Å². The van der Waals surface area contributed by atoms with Crippen LogP contribution in [0.5, 0.6) is 0 Å². The Labute approximate surface area is 201 Å².